The smallest absolute Gasteiger partial charge is 0.309 e. The molecule has 4 saturated carbocycles. The number of carboxylic acids is 1. The molecule has 0 spiro atoms. The van der Waals surface area contributed by atoms with Gasteiger partial charge >= 0.3 is 5.97 Å². The average molecular weight is 587 g/mol. The fraction of sp³-hybridized carbons (Fsp3) is 0.625. The Morgan fingerprint density at radius 2 is 1.42 bits per heavy atom. The molecule has 0 heterocycles. The van der Waals surface area contributed by atoms with E-state index in [1.54, 1.807) is 6.08 Å². The van der Waals surface area contributed by atoms with Gasteiger partial charge in [0, 0.05) is 0 Å². The van der Waals surface area contributed by atoms with Crippen LogP contribution in [-0.4, -0.2) is 16.2 Å². The summed E-state index contributed by atoms with van der Waals surface area (Å²) in [6, 6.07) is 7.81. The predicted molar refractivity (Wildman–Crippen MR) is 182 cm³/mol. The Morgan fingerprint density at radius 1 is 0.860 bits per heavy atom. The summed E-state index contributed by atoms with van der Waals surface area (Å²) in [5, 5.41) is 20.0. The van der Waals surface area contributed by atoms with Gasteiger partial charge in [-0.15, -0.1) is 32.3 Å². The molecule has 2 N–H and O–H groups in total. The molecule has 6 rings (SSSR count). The molecular weight excluding hydrogens is 528 g/mol. The number of aliphatic carboxylic acids is 1. The molecule has 1 aromatic carbocycles. The topological polar surface area (TPSA) is 57.5 Å². The lowest BCUT2D eigenvalue weighted by Crippen LogP contribution is -2.57. The zero-order chi connectivity index (χ0) is 32.6. The molecule has 3 nitrogen and oxygen atoms in total. The molecule has 0 saturated heterocycles. The van der Waals surface area contributed by atoms with Gasteiger partial charge in [-0.3, -0.25) is 4.79 Å². The van der Waals surface area contributed by atoms with E-state index in [1.807, 2.05) is 32.9 Å². The van der Waals surface area contributed by atoms with Crippen molar-refractivity contribution in [1.29, 1.82) is 0 Å². The van der Waals surface area contributed by atoms with Crippen LogP contribution in [-0.2, 0) is 4.79 Å². The summed E-state index contributed by atoms with van der Waals surface area (Å²) in [6.07, 6.45) is 31.9. The first-order valence-corrected chi connectivity index (χ1v) is 16.6. The minimum absolute atomic E-state index is 0.113. The SMILES string of the molecule is C#C.C#C.C=CC.CC.CC1(C)C(c2ccc(O)cc2)=CC[C@]2(C)C3CCC4C(CC[C@@]5(C(=O)O)CCCC45)C3CCC12. The summed E-state index contributed by atoms with van der Waals surface area (Å²) >= 11 is 0. The van der Waals surface area contributed by atoms with Crippen molar-refractivity contribution in [2.45, 2.75) is 106 Å². The van der Waals surface area contributed by atoms with Crippen LogP contribution >= 0.6 is 0 Å². The van der Waals surface area contributed by atoms with Crippen molar-refractivity contribution in [3.63, 3.8) is 0 Å². The third-order valence-electron chi connectivity index (χ3n) is 12.1. The van der Waals surface area contributed by atoms with Gasteiger partial charge in [-0.2, -0.15) is 0 Å². The van der Waals surface area contributed by atoms with E-state index < -0.39 is 11.4 Å². The molecule has 4 fully saturated rings. The second kappa shape index (κ2) is 15.2. The molecule has 1 aromatic rings. The monoisotopic (exact) mass is 586 g/mol. The summed E-state index contributed by atoms with van der Waals surface area (Å²) in [5.41, 5.74) is 2.76. The summed E-state index contributed by atoms with van der Waals surface area (Å²) in [4.78, 5) is 12.4. The lowest BCUT2D eigenvalue weighted by atomic mass is 9.40. The quantitative estimate of drug-likeness (QED) is 0.268. The highest BCUT2D eigenvalue weighted by Crippen LogP contribution is 2.69. The average Bonchev–Trinajstić information content (AvgIpc) is 3.47. The van der Waals surface area contributed by atoms with Gasteiger partial charge in [-0.05, 0) is 134 Å². The highest BCUT2D eigenvalue weighted by Gasteiger charge is 2.63. The largest absolute Gasteiger partial charge is 0.508 e. The minimum atomic E-state index is -0.493. The van der Waals surface area contributed by atoms with Crippen LogP contribution in [0, 0.1) is 77.4 Å². The van der Waals surface area contributed by atoms with E-state index >= 15 is 0 Å². The zero-order valence-corrected chi connectivity index (χ0v) is 27.8. The molecule has 0 aliphatic heterocycles. The molecule has 8 atom stereocenters. The van der Waals surface area contributed by atoms with E-state index in [4.69, 9.17) is 0 Å². The predicted octanol–water partition coefficient (Wildman–Crippen LogP) is 10.3. The number of phenols is 1. The number of hydrogen-bond donors (Lipinski definition) is 2. The van der Waals surface area contributed by atoms with E-state index in [0.29, 0.717) is 28.9 Å². The number of fused-ring (bicyclic) bond motifs is 7. The first-order chi connectivity index (χ1) is 20.6. The van der Waals surface area contributed by atoms with Crippen molar-refractivity contribution < 1.29 is 15.0 Å². The third kappa shape index (κ3) is 6.34. The van der Waals surface area contributed by atoms with Crippen molar-refractivity contribution in [3.05, 3.63) is 48.6 Å². The van der Waals surface area contributed by atoms with Crippen LogP contribution in [0.15, 0.2) is 43.0 Å². The van der Waals surface area contributed by atoms with Crippen LogP contribution in [0.25, 0.3) is 5.57 Å². The number of carboxylic acid groups (broad SMARTS) is 1. The number of aromatic hydroxyl groups is 1. The van der Waals surface area contributed by atoms with E-state index in [1.165, 1.54) is 36.8 Å². The summed E-state index contributed by atoms with van der Waals surface area (Å²) in [6.45, 7) is 16.8. The molecule has 0 bridgehead atoms. The van der Waals surface area contributed by atoms with Gasteiger partial charge in [0.15, 0.2) is 0 Å². The van der Waals surface area contributed by atoms with Crippen LogP contribution in [0.4, 0.5) is 0 Å². The van der Waals surface area contributed by atoms with Crippen molar-refractivity contribution in [3.8, 4) is 31.4 Å². The molecule has 0 radical (unpaired) electrons. The summed E-state index contributed by atoms with van der Waals surface area (Å²) in [5.74, 6) is 3.88. The number of rotatable bonds is 2. The molecule has 0 aromatic heterocycles. The summed E-state index contributed by atoms with van der Waals surface area (Å²) < 4.78 is 0. The van der Waals surface area contributed by atoms with Gasteiger partial charge in [0.2, 0.25) is 0 Å². The number of phenolic OH excluding ortho intramolecular Hbond substituents is 1. The Morgan fingerprint density at radius 3 is 2.00 bits per heavy atom. The first kappa shape index (κ1) is 36.3. The van der Waals surface area contributed by atoms with E-state index in [2.05, 4.69) is 71.3 Å². The van der Waals surface area contributed by atoms with E-state index in [0.717, 1.165) is 56.3 Å². The number of carbonyl (C=O) groups is 1. The van der Waals surface area contributed by atoms with Crippen LogP contribution in [0.5, 0.6) is 5.75 Å². The van der Waals surface area contributed by atoms with Gasteiger partial charge in [-0.1, -0.05) is 65.3 Å². The van der Waals surface area contributed by atoms with Gasteiger partial charge in [0.1, 0.15) is 5.75 Å². The van der Waals surface area contributed by atoms with Crippen LogP contribution < -0.4 is 0 Å². The highest BCUT2D eigenvalue weighted by atomic mass is 16.4. The van der Waals surface area contributed by atoms with Crippen molar-refractivity contribution in [1.82, 2.24) is 0 Å². The third-order valence-corrected chi connectivity index (χ3v) is 12.1. The Bertz CT molecular complexity index is 1130. The fourth-order valence-electron chi connectivity index (χ4n) is 10.7. The van der Waals surface area contributed by atoms with Crippen molar-refractivity contribution >= 4 is 11.5 Å². The fourth-order valence-corrected chi connectivity index (χ4v) is 10.7. The molecule has 43 heavy (non-hydrogen) atoms. The Kier molecular flexibility index (Phi) is 12.8. The Hall–Kier alpha value is -2.91. The Labute approximate surface area is 263 Å². The molecule has 236 valence electrons. The molecule has 5 aliphatic carbocycles. The number of hydrogen-bond acceptors (Lipinski definition) is 2. The normalized spacial score (nSPS) is 35.9. The maximum absolute atomic E-state index is 12.4. The number of allylic oxidation sites excluding steroid dienone is 3. The molecule has 0 amide bonds. The zero-order valence-electron chi connectivity index (χ0n) is 27.8. The standard InChI is InChI=1S/C31H42O3.C3H6.C2H6.2C2H2/c1-29(2)24(19-6-8-20(32)9-7-19)15-17-30(3)25-12-10-23-21(22(25)11-13-27(29)30)14-18-31(28(33)34)16-4-5-26(23)31;1-3-2;3*1-2/h6-9,15,21-23,25-27,32H,4-5,10-14,16-18H2,1-3H3,(H,33,34);3H,1H2,2H3;1-2H3;2*1-2H/t21?,22?,23?,25?,26?,27?,30-,31+;;;;/m1..../s1. The molecule has 6 unspecified atom stereocenters. The van der Waals surface area contributed by atoms with Gasteiger partial charge in [-0.25, -0.2) is 0 Å². The lowest BCUT2D eigenvalue weighted by molar-refractivity contribution is -0.166. The van der Waals surface area contributed by atoms with Crippen LogP contribution in [0.3, 0.4) is 0 Å². The van der Waals surface area contributed by atoms with E-state index in [-0.39, 0.29) is 5.41 Å². The van der Waals surface area contributed by atoms with Gasteiger partial charge < -0.3 is 10.2 Å². The Balaban J connectivity index is 0.000000654. The molecule has 3 heteroatoms. The van der Waals surface area contributed by atoms with Gasteiger partial charge in [0.25, 0.3) is 0 Å². The number of terminal acetylenes is 2. The van der Waals surface area contributed by atoms with Crippen molar-refractivity contribution in [2.75, 3.05) is 0 Å². The summed E-state index contributed by atoms with van der Waals surface area (Å²) in [7, 11) is 0. The van der Waals surface area contributed by atoms with Crippen LogP contribution in [0.2, 0.25) is 0 Å². The first-order valence-electron chi connectivity index (χ1n) is 16.6. The maximum Gasteiger partial charge on any atom is 0.309 e. The molecular formula is C40H58O3. The van der Waals surface area contributed by atoms with Gasteiger partial charge in [0.05, 0.1) is 5.41 Å². The lowest BCUT2D eigenvalue weighted by Gasteiger charge is -2.64. The molecule has 5 aliphatic rings. The van der Waals surface area contributed by atoms with E-state index in [9.17, 15) is 15.0 Å². The second-order valence-corrected chi connectivity index (χ2v) is 13.8. The highest BCUT2D eigenvalue weighted by molar-refractivity contribution is 5.76. The maximum atomic E-state index is 12.4. The number of benzene rings is 1. The second-order valence-electron chi connectivity index (χ2n) is 13.8. The van der Waals surface area contributed by atoms with Crippen LogP contribution in [0.1, 0.15) is 111 Å². The van der Waals surface area contributed by atoms with Crippen molar-refractivity contribution in [2.24, 2.45) is 51.8 Å². The minimum Gasteiger partial charge on any atom is -0.508 e.